The summed E-state index contributed by atoms with van der Waals surface area (Å²) in [6, 6.07) is 0. The van der Waals surface area contributed by atoms with Crippen LogP contribution in [0.4, 0.5) is 0 Å². The molecular formula is C22H34O4. The Kier molecular flexibility index (Phi) is 5.29. The fourth-order valence-corrected chi connectivity index (χ4v) is 7.50. The fraction of sp³-hybridized carbons (Fsp3) is 0.909. The molecule has 0 aliphatic heterocycles. The van der Waals surface area contributed by atoms with Gasteiger partial charge in [-0.25, -0.2) is 0 Å². The van der Waals surface area contributed by atoms with Crippen molar-refractivity contribution in [3.8, 4) is 0 Å². The molecule has 0 spiro atoms. The van der Waals surface area contributed by atoms with Crippen molar-refractivity contribution in [2.75, 3.05) is 0 Å². The third kappa shape index (κ3) is 3.41. The van der Waals surface area contributed by atoms with Crippen LogP contribution in [0.1, 0.15) is 77.0 Å². The van der Waals surface area contributed by atoms with E-state index >= 15 is 0 Å². The zero-order valence-corrected chi connectivity index (χ0v) is 15.8. The standard InChI is InChI=1S/C22H34O4/c23-21(24)15-9-13-5-1-3-7-17(13)19(11-15)20-12-16(22(25)26)10-14-6-2-4-8-18(14)20/h13-20H,1-12H2,(H,23,24)(H,25,26). The molecule has 0 heterocycles. The number of aliphatic carboxylic acids is 2. The first-order valence-electron chi connectivity index (χ1n) is 11.0. The van der Waals surface area contributed by atoms with Gasteiger partial charge in [-0.2, -0.15) is 0 Å². The second-order valence-electron chi connectivity index (χ2n) is 9.76. The minimum atomic E-state index is -0.621. The zero-order valence-electron chi connectivity index (χ0n) is 15.8. The fourth-order valence-electron chi connectivity index (χ4n) is 7.50. The van der Waals surface area contributed by atoms with Gasteiger partial charge in [-0.3, -0.25) is 9.59 Å². The summed E-state index contributed by atoms with van der Waals surface area (Å²) < 4.78 is 0. The van der Waals surface area contributed by atoms with E-state index < -0.39 is 11.9 Å². The predicted molar refractivity (Wildman–Crippen MR) is 98.6 cm³/mol. The number of hydrogen-bond donors (Lipinski definition) is 2. The average molecular weight is 363 g/mol. The molecule has 4 rings (SSSR count). The van der Waals surface area contributed by atoms with Crippen molar-refractivity contribution in [3.63, 3.8) is 0 Å². The molecule has 0 bridgehead atoms. The number of fused-ring (bicyclic) bond motifs is 2. The number of carboxylic acids is 2. The summed E-state index contributed by atoms with van der Waals surface area (Å²) >= 11 is 0. The Morgan fingerprint density at radius 1 is 0.538 bits per heavy atom. The molecule has 0 aromatic carbocycles. The highest BCUT2D eigenvalue weighted by atomic mass is 16.4. The van der Waals surface area contributed by atoms with Crippen molar-refractivity contribution >= 4 is 11.9 Å². The van der Waals surface area contributed by atoms with E-state index in [9.17, 15) is 19.8 Å². The molecule has 4 nitrogen and oxygen atoms in total. The second kappa shape index (κ2) is 7.52. The summed E-state index contributed by atoms with van der Waals surface area (Å²) in [5, 5.41) is 19.4. The lowest BCUT2D eigenvalue weighted by Crippen LogP contribution is -2.47. The molecule has 4 fully saturated rings. The van der Waals surface area contributed by atoms with E-state index in [1.165, 1.54) is 51.4 Å². The molecule has 26 heavy (non-hydrogen) atoms. The molecule has 8 unspecified atom stereocenters. The Morgan fingerprint density at radius 2 is 0.923 bits per heavy atom. The van der Waals surface area contributed by atoms with E-state index in [4.69, 9.17) is 0 Å². The quantitative estimate of drug-likeness (QED) is 0.755. The van der Waals surface area contributed by atoms with Crippen LogP contribution in [-0.4, -0.2) is 22.2 Å². The minimum Gasteiger partial charge on any atom is -0.481 e. The first-order chi connectivity index (χ1) is 12.5. The lowest BCUT2D eigenvalue weighted by molar-refractivity contribution is -0.151. The van der Waals surface area contributed by atoms with E-state index in [1.54, 1.807) is 0 Å². The van der Waals surface area contributed by atoms with Gasteiger partial charge in [0.15, 0.2) is 0 Å². The summed E-state index contributed by atoms with van der Waals surface area (Å²) in [7, 11) is 0. The largest absolute Gasteiger partial charge is 0.481 e. The Bertz CT molecular complexity index is 496. The first-order valence-corrected chi connectivity index (χ1v) is 11.0. The Balaban J connectivity index is 1.62. The third-order valence-electron chi connectivity index (χ3n) is 8.57. The van der Waals surface area contributed by atoms with Crippen molar-refractivity contribution in [2.24, 2.45) is 47.3 Å². The third-order valence-corrected chi connectivity index (χ3v) is 8.57. The zero-order chi connectivity index (χ0) is 18.3. The molecule has 0 amide bonds. The van der Waals surface area contributed by atoms with Crippen LogP contribution in [0.5, 0.6) is 0 Å². The van der Waals surface area contributed by atoms with Crippen LogP contribution in [0.3, 0.4) is 0 Å². The molecule has 0 saturated heterocycles. The van der Waals surface area contributed by atoms with Crippen LogP contribution in [0.15, 0.2) is 0 Å². The lowest BCUT2D eigenvalue weighted by atomic mass is 9.52. The number of carbonyl (C=O) groups is 2. The normalized spacial score (nSPS) is 46.0. The monoisotopic (exact) mass is 362 g/mol. The first kappa shape index (κ1) is 18.3. The Morgan fingerprint density at radius 3 is 1.31 bits per heavy atom. The van der Waals surface area contributed by atoms with E-state index in [-0.39, 0.29) is 11.8 Å². The number of rotatable bonds is 3. The van der Waals surface area contributed by atoms with Crippen LogP contribution in [-0.2, 0) is 9.59 Å². The van der Waals surface area contributed by atoms with Crippen LogP contribution < -0.4 is 0 Å². The highest BCUT2D eigenvalue weighted by Crippen LogP contribution is 2.56. The molecule has 4 aliphatic rings. The number of carboxylic acid groups (broad SMARTS) is 2. The van der Waals surface area contributed by atoms with Crippen molar-refractivity contribution in [1.82, 2.24) is 0 Å². The molecule has 0 aromatic rings. The maximum absolute atomic E-state index is 11.8. The average Bonchev–Trinajstić information content (AvgIpc) is 2.66. The highest BCUT2D eigenvalue weighted by molar-refractivity contribution is 5.70. The van der Waals surface area contributed by atoms with E-state index in [0.717, 1.165) is 25.7 Å². The summed E-state index contributed by atoms with van der Waals surface area (Å²) in [4.78, 5) is 23.6. The van der Waals surface area contributed by atoms with Crippen molar-refractivity contribution in [1.29, 1.82) is 0 Å². The molecule has 146 valence electrons. The van der Waals surface area contributed by atoms with E-state index in [1.807, 2.05) is 0 Å². The van der Waals surface area contributed by atoms with Crippen molar-refractivity contribution in [2.45, 2.75) is 77.0 Å². The minimum absolute atomic E-state index is 0.202. The molecule has 0 aromatic heterocycles. The van der Waals surface area contributed by atoms with Gasteiger partial charge in [-0.15, -0.1) is 0 Å². The van der Waals surface area contributed by atoms with Gasteiger partial charge >= 0.3 is 11.9 Å². The van der Waals surface area contributed by atoms with Crippen molar-refractivity contribution < 1.29 is 19.8 Å². The van der Waals surface area contributed by atoms with Gasteiger partial charge in [0.2, 0.25) is 0 Å². The van der Waals surface area contributed by atoms with Crippen LogP contribution >= 0.6 is 0 Å². The van der Waals surface area contributed by atoms with Crippen LogP contribution in [0, 0.1) is 47.3 Å². The van der Waals surface area contributed by atoms with Crippen LogP contribution in [0.2, 0.25) is 0 Å². The number of hydrogen-bond acceptors (Lipinski definition) is 2. The molecule has 0 radical (unpaired) electrons. The van der Waals surface area contributed by atoms with Gasteiger partial charge in [0.25, 0.3) is 0 Å². The van der Waals surface area contributed by atoms with E-state index in [0.29, 0.717) is 35.5 Å². The van der Waals surface area contributed by atoms with Crippen molar-refractivity contribution in [3.05, 3.63) is 0 Å². The van der Waals surface area contributed by atoms with Gasteiger partial charge in [-0.05, 0) is 74.0 Å². The molecule has 4 saturated carbocycles. The highest BCUT2D eigenvalue weighted by Gasteiger charge is 2.50. The Hall–Kier alpha value is -1.06. The second-order valence-corrected chi connectivity index (χ2v) is 9.76. The SMILES string of the molecule is O=C(O)C1CC2CCCCC2C(C2CC(C(=O)O)CC3CCCCC32)C1. The smallest absolute Gasteiger partial charge is 0.306 e. The molecular weight excluding hydrogens is 328 g/mol. The van der Waals surface area contributed by atoms with E-state index in [2.05, 4.69) is 0 Å². The molecule has 4 heteroatoms. The summed E-state index contributed by atoms with van der Waals surface area (Å²) in [5.41, 5.74) is 0. The molecule has 4 aliphatic carbocycles. The maximum atomic E-state index is 11.8. The maximum Gasteiger partial charge on any atom is 0.306 e. The van der Waals surface area contributed by atoms with Gasteiger partial charge in [-0.1, -0.05) is 38.5 Å². The predicted octanol–water partition coefficient (Wildman–Crippen LogP) is 4.82. The molecule has 8 atom stereocenters. The summed E-state index contributed by atoms with van der Waals surface area (Å²) in [6.45, 7) is 0. The lowest BCUT2D eigenvalue weighted by Gasteiger charge is -2.53. The topological polar surface area (TPSA) is 74.6 Å². The summed E-state index contributed by atoms with van der Waals surface area (Å²) in [6.07, 6.45) is 13.2. The summed E-state index contributed by atoms with van der Waals surface area (Å²) in [5.74, 6) is 1.68. The van der Waals surface area contributed by atoms with Gasteiger partial charge in [0, 0.05) is 0 Å². The Labute approximate surface area is 156 Å². The molecule has 2 N–H and O–H groups in total. The van der Waals surface area contributed by atoms with Gasteiger partial charge in [0.1, 0.15) is 0 Å². The van der Waals surface area contributed by atoms with Crippen LogP contribution in [0.25, 0.3) is 0 Å². The van der Waals surface area contributed by atoms with Gasteiger partial charge in [0.05, 0.1) is 11.8 Å². The van der Waals surface area contributed by atoms with Gasteiger partial charge < -0.3 is 10.2 Å².